The molecule has 0 nitrogen and oxygen atoms in total. The van der Waals surface area contributed by atoms with Crippen molar-refractivity contribution in [1.29, 1.82) is 0 Å². The fourth-order valence-electron chi connectivity index (χ4n) is 1.64. The number of aryl methyl sites for hydroxylation is 1. The van der Waals surface area contributed by atoms with E-state index in [1.807, 2.05) is 0 Å². The Balaban J connectivity index is 2.86. The Bertz CT molecular complexity index is 248. The highest BCUT2D eigenvalue weighted by Crippen LogP contribution is 2.26. The van der Waals surface area contributed by atoms with Crippen LogP contribution < -0.4 is 0 Å². The van der Waals surface area contributed by atoms with E-state index in [4.69, 9.17) is 11.6 Å². The molecule has 2 unspecified atom stereocenters. The van der Waals surface area contributed by atoms with Gasteiger partial charge < -0.3 is 0 Å². The fourth-order valence-corrected chi connectivity index (χ4v) is 1.96. The highest BCUT2D eigenvalue weighted by molar-refractivity contribution is 6.20. The molecule has 0 saturated heterocycles. The van der Waals surface area contributed by atoms with Crippen molar-refractivity contribution in [3.8, 4) is 0 Å². The highest BCUT2D eigenvalue weighted by Gasteiger charge is 2.14. The standard InChI is InChI=1S/C12H17Cl/c1-4-12(10(3)13)11-7-5-9(2)6-8-11/h5-8,10,12H,4H2,1-3H3. The molecular weight excluding hydrogens is 180 g/mol. The Hall–Kier alpha value is -0.490. The van der Waals surface area contributed by atoms with E-state index in [0.717, 1.165) is 6.42 Å². The third-order valence-electron chi connectivity index (χ3n) is 2.50. The van der Waals surface area contributed by atoms with Crippen LogP contribution in [0.4, 0.5) is 0 Å². The fraction of sp³-hybridized carbons (Fsp3) is 0.500. The van der Waals surface area contributed by atoms with Crippen molar-refractivity contribution >= 4 is 11.6 Å². The molecule has 0 aliphatic rings. The van der Waals surface area contributed by atoms with Crippen molar-refractivity contribution in [1.82, 2.24) is 0 Å². The summed E-state index contributed by atoms with van der Waals surface area (Å²) in [5.74, 6) is 0.488. The van der Waals surface area contributed by atoms with Crippen LogP contribution >= 0.6 is 11.6 Å². The summed E-state index contributed by atoms with van der Waals surface area (Å²) in [6, 6.07) is 8.67. The first-order valence-electron chi connectivity index (χ1n) is 4.85. The maximum Gasteiger partial charge on any atom is 0.0376 e. The molecule has 0 spiro atoms. The lowest BCUT2D eigenvalue weighted by Gasteiger charge is -2.17. The molecule has 1 aromatic carbocycles. The first-order valence-corrected chi connectivity index (χ1v) is 5.29. The molecule has 0 aliphatic carbocycles. The molecule has 2 atom stereocenters. The van der Waals surface area contributed by atoms with Gasteiger partial charge in [-0.15, -0.1) is 11.6 Å². The van der Waals surface area contributed by atoms with Gasteiger partial charge in [-0.25, -0.2) is 0 Å². The zero-order valence-electron chi connectivity index (χ0n) is 8.55. The average Bonchev–Trinajstić information content (AvgIpc) is 2.09. The minimum atomic E-state index is 0.215. The van der Waals surface area contributed by atoms with Crippen molar-refractivity contribution in [3.05, 3.63) is 35.4 Å². The number of hydrogen-bond donors (Lipinski definition) is 0. The van der Waals surface area contributed by atoms with Gasteiger partial charge in [0.2, 0.25) is 0 Å². The second-order valence-corrected chi connectivity index (χ2v) is 4.29. The monoisotopic (exact) mass is 196 g/mol. The van der Waals surface area contributed by atoms with E-state index in [-0.39, 0.29) is 5.38 Å². The van der Waals surface area contributed by atoms with Crippen molar-refractivity contribution in [2.24, 2.45) is 0 Å². The lowest BCUT2D eigenvalue weighted by atomic mass is 9.93. The molecular formula is C12H17Cl. The lowest BCUT2D eigenvalue weighted by molar-refractivity contribution is 0.649. The van der Waals surface area contributed by atoms with Crippen molar-refractivity contribution in [2.75, 3.05) is 0 Å². The zero-order chi connectivity index (χ0) is 9.84. The number of halogens is 1. The highest BCUT2D eigenvalue weighted by atomic mass is 35.5. The quantitative estimate of drug-likeness (QED) is 0.639. The van der Waals surface area contributed by atoms with Gasteiger partial charge in [0.05, 0.1) is 0 Å². The summed E-state index contributed by atoms with van der Waals surface area (Å²) in [6.45, 7) is 6.35. The van der Waals surface area contributed by atoms with E-state index in [2.05, 4.69) is 45.0 Å². The van der Waals surface area contributed by atoms with Gasteiger partial charge in [-0.2, -0.15) is 0 Å². The number of rotatable bonds is 3. The Morgan fingerprint density at radius 2 is 1.77 bits per heavy atom. The Labute approximate surface area is 85.9 Å². The van der Waals surface area contributed by atoms with Crippen molar-refractivity contribution < 1.29 is 0 Å². The minimum Gasteiger partial charge on any atom is -0.123 e. The Morgan fingerprint density at radius 3 is 2.15 bits per heavy atom. The van der Waals surface area contributed by atoms with Crippen LogP contribution in [0, 0.1) is 6.92 Å². The van der Waals surface area contributed by atoms with Gasteiger partial charge in [-0.3, -0.25) is 0 Å². The lowest BCUT2D eigenvalue weighted by Crippen LogP contribution is -2.07. The SMILES string of the molecule is CCC(c1ccc(C)cc1)C(C)Cl. The molecule has 1 rings (SSSR count). The van der Waals surface area contributed by atoms with Crippen LogP contribution in [0.15, 0.2) is 24.3 Å². The molecule has 13 heavy (non-hydrogen) atoms. The molecule has 0 amide bonds. The topological polar surface area (TPSA) is 0 Å². The van der Waals surface area contributed by atoms with Crippen LogP contribution in [0.5, 0.6) is 0 Å². The molecule has 0 radical (unpaired) electrons. The van der Waals surface area contributed by atoms with Gasteiger partial charge in [0.15, 0.2) is 0 Å². The summed E-state index contributed by atoms with van der Waals surface area (Å²) in [5.41, 5.74) is 2.66. The zero-order valence-corrected chi connectivity index (χ0v) is 9.31. The maximum atomic E-state index is 6.12. The van der Waals surface area contributed by atoms with Crippen LogP contribution in [-0.2, 0) is 0 Å². The predicted molar refractivity (Wildman–Crippen MR) is 59.5 cm³/mol. The second-order valence-electron chi connectivity index (χ2n) is 3.60. The first kappa shape index (κ1) is 10.6. The van der Waals surface area contributed by atoms with Crippen molar-refractivity contribution in [3.63, 3.8) is 0 Å². The van der Waals surface area contributed by atoms with Gasteiger partial charge in [0, 0.05) is 5.38 Å². The summed E-state index contributed by atoms with van der Waals surface area (Å²) in [5, 5.41) is 0.215. The second kappa shape index (κ2) is 4.66. The number of benzene rings is 1. The smallest absolute Gasteiger partial charge is 0.0376 e. The van der Waals surface area contributed by atoms with Crippen molar-refractivity contribution in [2.45, 2.75) is 38.5 Å². The summed E-state index contributed by atoms with van der Waals surface area (Å²) in [7, 11) is 0. The van der Waals surface area contributed by atoms with Gasteiger partial charge in [-0.1, -0.05) is 36.8 Å². The molecule has 0 heterocycles. The molecule has 0 aromatic heterocycles. The predicted octanol–water partition coefficient (Wildman–Crippen LogP) is 4.12. The molecule has 0 fully saturated rings. The Kier molecular flexibility index (Phi) is 3.80. The summed E-state index contributed by atoms with van der Waals surface area (Å²) < 4.78 is 0. The van der Waals surface area contributed by atoms with Gasteiger partial charge in [-0.05, 0) is 31.7 Å². The average molecular weight is 197 g/mol. The number of alkyl halides is 1. The van der Waals surface area contributed by atoms with E-state index in [1.165, 1.54) is 11.1 Å². The van der Waals surface area contributed by atoms with Gasteiger partial charge in [0.25, 0.3) is 0 Å². The van der Waals surface area contributed by atoms with Crippen LogP contribution in [0.3, 0.4) is 0 Å². The first-order chi connectivity index (χ1) is 6.15. The van der Waals surface area contributed by atoms with Crippen LogP contribution in [-0.4, -0.2) is 5.38 Å². The van der Waals surface area contributed by atoms with E-state index in [1.54, 1.807) is 0 Å². The van der Waals surface area contributed by atoms with Gasteiger partial charge in [0.1, 0.15) is 0 Å². The van der Waals surface area contributed by atoms with E-state index < -0.39 is 0 Å². The molecule has 1 aromatic rings. The normalized spacial score (nSPS) is 15.4. The van der Waals surface area contributed by atoms with Gasteiger partial charge >= 0.3 is 0 Å². The molecule has 0 saturated carbocycles. The van der Waals surface area contributed by atoms with E-state index in [0.29, 0.717) is 5.92 Å². The third kappa shape index (κ3) is 2.73. The number of hydrogen-bond acceptors (Lipinski definition) is 0. The van der Waals surface area contributed by atoms with E-state index in [9.17, 15) is 0 Å². The van der Waals surface area contributed by atoms with Crippen LogP contribution in [0.2, 0.25) is 0 Å². The Morgan fingerprint density at radius 1 is 1.23 bits per heavy atom. The summed E-state index contributed by atoms with van der Waals surface area (Å²) >= 11 is 6.12. The molecule has 1 heteroatoms. The minimum absolute atomic E-state index is 0.215. The molecule has 0 N–H and O–H groups in total. The molecule has 0 aliphatic heterocycles. The molecule has 0 bridgehead atoms. The largest absolute Gasteiger partial charge is 0.123 e. The van der Waals surface area contributed by atoms with Crippen LogP contribution in [0.1, 0.15) is 37.3 Å². The third-order valence-corrected chi connectivity index (χ3v) is 2.80. The van der Waals surface area contributed by atoms with E-state index >= 15 is 0 Å². The summed E-state index contributed by atoms with van der Waals surface area (Å²) in [6.07, 6.45) is 1.10. The molecule has 72 valence electrons. The van der Waals surface area contributed by atoms with Crippen LogP contribution in [0.25, 0.3) is 0 Å². The maximum absolute atomic E-state index is 6.12. The summed E-state index contributed by atoms with van der Waals surface area (Å²) in [4.78, 5) is 0.